The molecule has 12 heteroatoms. The van der Waals surface area contributed by atoms with Crippen LogP contribution < -0.4 is 16.3 Å². The highest BCUT2D eigenvalue weighted by atomic mass is 35.5. The van der Waals surface area contributed by atoms with Gasteiger partial charge < -0.3 is 29.2 Å². The number of carbonyl (C=O) groups excluding carboxylic acids is 2. The average molecular weight is 689 g/mol. The first-order chi connectivity index (χ1) is 23.1. The fraction of sp³-hybridized carbons (Fsp3) is 0.378. The molecule has 1 fully saturated rings. The highest BCUT2D eigenvalue weighted by molar-refractivity contribution is 6.31. The van der Waals surface area contributed by atoms with Crippen molar-refractivity contribution in [1.82, 2.24) is 13.7 Å². The van der Waals surface area contributed by atoms with E-state index in [9.17, 15) is 14.0 Å². The molecular weight excluding hydrogens is 647 g/mol. The molecule has 1 aliphatic rings. The first-order valence-corrected chi connectivity index (χ1v) is 16.8. The standard InChI is InChI=1S/C37H42ClFN6O4/c1-36(2,3)48-34(46)41-33-44(22-23-8-7-9-29-27(23)16-19-43(29)35(47)49-37(4,5)6)30-13-11-25(39)21-32(30)45(33)26-14-17-42(18-15-26)31-20-24(38)10-12-28(31)40/h7-13,16,19-21,26H,14-15,17-18,22,40H2,1-6H3. The Kier molecular flexibility index (Phi) is 9.00. The van der Waals surface area contributed by atoms with Gasteiger partial charge in [-0.1, -0.05) is 23.7 Å². The highest BCUT2D eigenvalue weighted by Crippen LogP contribution is 2.33. The molecule has 10 nitrogen and oxygen atoms in total. The van der Waals surface area contributed by atoms with Crippen molar-refractivity contribution in [3.8, 4) is 0 Å². The van der Waals surface area contributed by atoms with Crippen LogP contribution in [0.5, 0.6) is 0 Å². The van der Waals surface area contributed by atoms with Gasteiger partial charge in [-0.25, -0.2) is 14.0 Å². The lowest BCUT2D eigenvalue weighted by molar-refractivity contribution is 0.0542. The number of fused-ring (bicyclic) bond motifs is 2. The Bertz CT molecular complexity index is 2130. The van der Waals surface area contributed by atoms with Crippen molar-refractivity contribution in [1.29, 1.82) is 0 Å². The molecule has 2 aromatic heterocycles. The van der Waals surface area contributed by atoms with Crippen LogP contribution in [0.15, 0.2) is 71.9 Å². The zero-order valence-corrected chi connectivity index (χ0v) is 29.4. The van der Waals surface area contributed by atoms with Gasteiger partial charge in [-0.05, 0) is 108 Å². The smallest absolute Gasteiger partial charge is 0.437 e. The Morgan fingerprint density at radius 2 is 1.63 bits per heavy atom. The van der Waals surface area contributed by atoms with E-state index in [2.05, 4.69) is 9.89 Å². The Hall–Kier alpha value is -4.77. The summed E-state index contributed by atoms with van der Waals surface area (Å²) in [6.45, 7) is 12.4. The van der Waals surface area contributed by atoms with Gasteiger partial charge in [-0.3, -0.25) is 4.57 Å². The van der Waals surface area contributed by atoms with Crippen LogP contribution in [0.2, 0.25) is 5.02 Å². The van der Waals surface area contributed by atoms with Crippen LogP contribution in [-0.4, -0.2) is 50.2 Å². The third-order valence-corrected chi connectivity index (χ3v) is 8.67. The van der Waals surface area contributed by atoms with Gasteiger partial charge in [-0.2, -0.15) is 0 Å². The highest BCUT2D eigenvalue weighted by Gasteiger charge is 2.28. The number of hydrogen-bond donors (Lipinski definition) is 1. The number of amides is 1. The van der Waals surface area contributed by atoms with E-state index in [-0.39, 0.29) is 12.6 Å². The summed E-state index contributed by atoms with van der Waals surface area (Å²) in [5, 5.41) is 1.44. The summed E-state index contributed by atoms with van der Waals surface area (Å²) >= 11 is 6.30. The number of ether oxygens (including phenoxy) is 2. The number of rotatable bonds is 4. The topological polar surface area (TPSA) is 109 Å². The largest absolute Gasteiger partial charge is 0.443 e. The maximum Gasteiger partial charge on any atom is 0.437 e. The summed E-state index contributed by atoms with van der Waals surface area (Å²) in [6, 6.07) is 17.5. The maximum atomic E-state index is 15.0. The molecule has 1 amide bonds. The lowest BCUT2D eigenvalue weighted by atomic mass is 10.0. The van der Waals surface area contributed by atoms with Crippen molar-refractivity contribution in [3.63, 3.8) is 0 Å². The van der Waals surface area contributed by atoms with Crippen molar-refractivity contribution >= 4 is 57.1 Å². The Morgan fingerprint density at radius 1 is 0.918 bits per heavy atom. The van der Waals surface area contributed by atoms with Crippen LogP contribution in [0.25, 0.3) is 21.9 Å². The van der Waals surface area contributed by atoms with Crippen molar-refractivity contribution in [3.05, 3.63) is 88.9 Å². The van der Waals surface area contributed by atoms with Gasteiger partial charge in [0.2, 0.25) is 5.62 Å². The van der Waals surface area contributed by atoms with Gasteiger partial charge in [0.1, 0.15) is 17.0 Å². The van der Waals surface area contributed by atoms with Crippen molar-refractivity contribution in [2.24, 2.45) is 4.99 Å². The average Bonchev–Trinajstić information content (AvgIpc) is 3.56. The Labute approximate surface area is 289 Å². The number of hydrogen-bond acceptors (Lipinski definition) is 6. The summed E-state index contributed by atoms with van der Waals surface area (Å²) < 4.78 is 31.6. The normalized spacial score (nSPS) is 14.9. The first-order valence-electron chi connectivity index (χ1n) is 16.4. The number of aromatic nitrogens is 3. The van der Waals surface area contributed by atoms with Crippen LogP contribution in [0.4, 0.5) is 25.4 Å². The molecule has 1 aliphatic heterocycles. The van der Waals surface area contributed by atoms with E-state index in [1.54, 1.807) is 45.2 Å². The third kappa shape index (κ3) is 7.32. The van der Waals surface area contributed by atoms with E-state index in [1.165, 1.54) is 16.7 Å². The molecule has 0 atom stereocenters. The van der Waals surface area contributed by atoms with Gasteiger partial charge in [0.15, 0.2) is 0 Å². The number of nitrogens with zero attached hydrogens (tertiary/aromatic N) is 5. The molecule has 0 aliphatic carbocycles. The molecule has 5 aromatic rings. The molecule has 0 bridgehead atoms. The Balaban J connectivity index is 1.46. The second kappa shape index (κ2) is 12.9. The molecule has 0 spiro atoms. The number of nitrogens with two attached hydrogens (primary N) is 1. The van der Waals surface area contributed by atoms with E-state index in [4.69, 9.17) is 26.8 Å². The zero-order valence-electron chi connectivity index (χ0n) is 28.7. The first kappa shape index (κ1) is 34.1. The SMILES string of the molecule is CC(C)(C)OC(=O)N=c1n(Cc2cccc3c2ccn3C(=O)OC(C)(C)C)c2ccc(F)cc2n1C1CCN(c2cc(Cl)ccc2N)CC1. The van der Waals surface area contributed by atoms with Crippen LogP contribution in [-0.2, 0) is 16.0 Å². The van der Waals surface area contributed by atoms with Gasteiger partial charge in [0.05, 0.1) is 34.5 Å². The molecule has 0 saturated carbocycles. The maximum absolute atomic E-state index is 15.0. The van der Waals surface area contributed by atoms with Gasteiger partial charge in [0, 0.05) is 35.7 Å². The third-order valence-electron chi connectivity index (χ3n) is 8.43. The Morgan fingerprint density at radius 3 is 2.33 bits per heavy atom. The number of piperidine rings is 1. The number of carbonyl (C=O) groups is 2. The van der Waals surface area contributed by atoms with E-state index in [1.807, 2.05) is 60.2 Å². The molecular formula is C37H42ClFN6O4. The molecule has 2 N–H and O–H groups in total. The summed E-state index contributed by atoms with van der Waals surface area (Å²) in [5.41, 5.74) is 9.60. The summed E-state index contributed by atoms with van der Waals surface area (Å²) in [4.78, 5) is 33.1. The summed E-state index contributed by atoms with van der Waals surface area (Å²) in [5.74, 6) is -0.400. The van der Waals surface area contributed by atoms with Crippen LogP contribution in [0.3, 0.4) is 0 Å². The molecule has 1 saturated heterocycles. The lowest BCUT2D eigenvalue weighted by Gasteiger charge is -2.35. The summed E-state index contributed by atoms with van der Waals surface area (Å²) in [6.07, 6.45) is 1.82. The van der Waals surface area contributed by atoms with Crippen LogP contribution >= 0.6 is 11.6 Å². The molecule has 6 rings (SSSR count). The zero-order chi connectivity index (χ0) is 35.2. The van der Waals surface area contributed by atoms with E-state index in [0.29, 0.717) is 58.8 Å². The molecule has 0 unspecified atom stereocenters. The fourth-order valence-electron chi connectivity index (χ4n) is 6.43. The quantitative estimate of drug-likeness (QED) is 0.190. The minimum Gasteiger partial charge on any atom is -0.443 e. The van der Waals surface area contributed by atoms with Crippen molar-refractivity contribution in [2.75, 3.05) is 23.7 Å². The summed E-state index contributed by atoms with van der Waals surface area (Å²) in [7, 11) is 0. The van der Waals surface area contributed by atoms with Crippen LogP contribution in [0.1, 0.15) is 66.0 Å². The molecule has 3 heterocycles. The lowest BCUT2D eigenvalue weighted by Crippen LogP contribution is -2.39. The van der Waals surface area contributed by atoms with Crippen molar-refractivity contribution in [2.45, 2.75) is 78.2 Å². The predicted molar refractivity (Wildman–Crippen MR) is 191 cm³/mol. The van der Waals surface area contributed by atoms with E-state index >= 15 is 0 Å². The van der Waals surface area contributed by atoms with Gasteiger partial charge >= 0.3 is 12.2 Å². The number of nitrogen functional groups attached to an aromatic ring is 1. The van der Waals surface area contributed by atoms with E-state index < -0.39 is 29.2 Å². The van der Waals surface area contributed by atoms with Gasteiger partial charge in [0.25, 0.3) is 0 Å². The minimum absolute atomic E-state index is 0.118. The predicted octanol–water partition coefficient (Wildman–Crippen LogP) is 8.28. The molecule has 258 valence electrons. The second-order valence-corrected chi connectivity index (χ2v) is 14.9. The van der Waals surface area contributed by atoms with Crippen LogP contribution in [0, 0.1) is 5.82 Å². The molecule has 3 aromatic carbocycles. The number of halogens is 2. The fourth-order valence-corrected chi connectivity index (χ4v) is 6.59. The number of imidazole rings is 1. The monoisotopic (exact) mass is 688 g/mol. The van der Waals surface area contributed by atoms with Gasteiger partial charge in [-0.15, -0.1) is 4.99 Å². The second-order valence-electron chi connectivity index (χ2n) is 14.4. The molecule has 0 radical (unpaired) electrons. The molecule has 49 heavy (non-hydrogen) atoms. The minimum atomic E-state index is -0.771. The number of benzene rings is 3. The number of anilines is 2. The van der Waals surface area contributed by atoms with E-state index in [0.717, 1.165) is 16.6 Å². The van der Waals surface area contributed by atoms with Crippen molar-refractivity contribution < 1.29 is 23.5 Å².